The fourth-order valence-electron chi connectivity index (χ4n) is 2.23. The Kier molecular flexibility index (Phi) is 7.53. The van der Waals surface area contributed by atoms with Crippen LogP contribution in [0, 0.1) is 0 Å². The molecule has 0 bridgehead atoms. The molecule has 0 spiro atoms. The number of hydrogen-bond acceptors (Lipinski definition) is 2. The summed E-state index contributed by atoms with van der Waals surface area (Å²) < 4.78 is 37.1. The van der Waals surface area contributed by atoms with Gasteiger partial charge in [0.25, 0.3) is 0 Å². The lowest BCUT2D eigenvalue weighted by molar-refractivity contribution is -0.158. The molecule has 1 atom stereocenters. The Labute approximate surface area is 155 Å². The Bertz CT molecular complexity index is 662. The second-order valence-electron chi connectivity index (χ2n) is 5.46. The molecule has 0 saturated carbocycles. The van der Waals surface area contributed by atoms with Crippen molar-refractivity contribution in [2.45, 2.75) is 24.6 Å². The van der Waals surface area contributed by atoms with Gasteiger partial charge in [-0.25, -0.2) is 0 Å². The molecule has 0 aliphatic carbocycles. The molecule has 0 fully saturated rings. The Hall–Kier alpha value is -1.50. The molecule has 0 aliphatic rings. The predicted molar refractivity (Wildman–Crippen MR) is 94.6 cm³/mol. The topological polar surface area (TPSA) is 32.3 Å². The van der Waals surface area contributed by atoms with Crippen LogP contribution in [0.25, 0.3) is 0 Å². The molecule has 1 aromatic carbocycles. The van der Waals surface area contributed by atoms with E-state index in [1.165, 1.54) is 13.2 Å². The van der Waals surface area contributed by atoms with E-state index < -0.39 is 24.0 Å². The van der Waals surface area contributed by atoms with Crippen LogP contribution < -0.4 is 5.32 Å². The lowest BCUT2D eigenvalue weighted by Crippen LogP contribution is -2.38. The Morgan fingerprint density at radius 1 is 1.32 bits per heavy atom. The maximum Gasteiger partial charge on any atom is 0.397 e. The van der Waals surface area contributed by atoms with Crippen LogP contribution >= 0.6 is 23.2 Å². The number of halogens is 5. The SMILES string of the molecule is C=CC[C@](/C=C/N(C)C(=O)CC(F)(F)F)(NC)c1ccc(Cl)c(Cl)c1. The minimum absolute atomic E-state index is 0.345. The summed E-state index contributed by atoms with van der Waals surface area (Å²) in [6.45, 7) is 3.71. The quantitative estimate of drug-likeness (QED) is 0.666. The first-order chi connectivity index (χ1) is 11.5. The summed E-state index contributed by atoms with van der Waals surface area (Å²) in [5.74, 6) is -1.05. The normalized spacial score (nSPS) is 14.4. The van der Waals surface area contributed by atoms with Crippen LogP contribution in [0.2, 0.25) is 10.0 Å². The minimum Gasteiger partial charge on any atom is -0.322 e. The summed E-state index contributed by atoms with van der Waals surface area (Å²) >= 11 is 12.0. The van der Waals surface area contributed by atoms with Gasteiger partial charge >= 0.3 is 6.18 Å². The molecule has 1 rings (SSSR count). The van der Waals surface area contributed by atoms with Crippen molar-refractivity contribution in [1.82, 2.24) is 10.2 Å². The van der Waals surface area contributed by atoms with Crippen LogP contribution in [-0.2, 0) is 10.3 Å². The first kappa shape index (κ1) is 21.5. The molecule has 0 radical (unpaired) electrons. The van der Waals surface area contributed by atoms with E-state index in [1.807, 2.05) is 0 Å². The lowest BCUT2D eigenvalue weighted by atomic mass is 9.86. The molecule has 0 aliphatic heterocycles. The molecule has 1 N–H and O–H groups in total. The van der Waals surface area contributed by atoms with Gasteiger partial charge in [-0.15, -0.1) is 6.58 Å². The number of carbonyl (C=O) groups is 1. The maximum atomic E-state index is 12.4. The van der Waals surface area contributed by atoms with Gasteiger partial charge in [-0.3, -0.25) is 4.79 Å². The van der Waals surface area contributed by atoms with Crippen LogP contribution in [0.1, 0.15) is 18.4 Å². The molecule has 0 heterocycles. The van der Waals surface area contributed by atoms with Crippen molar-refractivity contribution >= 4 is 29.1 Å². The Morgan fingerprint density at radius 2 is 1.96 bits per heavy atom. The summed E-state index contributed by atoms with van der Waals surface area (Å²) in [4.78, 5) is 12.5. The number of benzene rings is 1. The van der Waals surface area contributed by atoms with Gasteiger partial charge in [0.05, 0.1) is 15.6 Å². The zero-order valence-electron chi connectivity index (χ0n) is 13.8. The fraction of sp³-hybridized carbons (Fsp3) is 0.353. The molecule has 1 amide bonds. The second-order valence-corrected chi connectivity index (χ2v) is 6.27. The molecule has 8 heteroatoms. The van der Waals surface area contributed by atoms with Crippen LogP contribution in [-0.4, -0.2) is 31.1 Å². The highest BCUT2D eigenvalue weighted by molar-refractivity contribution is 6.42. The van der Waals surface area contributed by atoms with Crippen molar-refractivity contribution in [2.75, 3.05) is 14.1 Å². The standard InChI is InChI=1S/C17H19Cl2F3N2O/c1-4-7-16(23-2,12-5-6-13(18)14(19)10-12)8-9-24(3)15(25)11-17(20,21)22/h4-6,8-10,23H,1,7,11H2,2-3H3/b9-8+/t16-/m1/s1. The van der Waals surface area contributed by atoms with E-state index in [1.54, 1.807) is 37.4 Å². The monoisotopic (exact) mass is 394 g/mol. The highest BCUT2D eigenvalue weighted by atomic mass is 35.5. The van der Waals surface area contributed by atoms with Crippen LogP contribution in [0.5, 0.6) is 0 Å². The number of hydrogen-bond donors (Lipinski definition) is 1. The van der Waals surface area contributed by atoms with Crippen molar-refractivity contribution in [1.29, 1.82) is 0 Å². The number of amides is 1. The number of carbonyl (C=O) groups excluding carboxylic acids is 1. The molecule has 138 valence electrons. The van der Waals surface area contributed by atoms with E-state index in [4.69, 9.17) is 23.2 Å². The van der Waals surface area contributed by atoms with E-state index in [0.717, 1.165) is 10.5 Å². The average molecular weight is 395 g/mol. The van der Waals surface area contributed by atoms with E-state index in [-0.39, 0.29) is 0 Å². The third kappa shape index (κ3) is 6.06. The summed E-state index contributed by atoms with van der Waals surface area (Å²) in [7, 11) is 2.96. The fourth-order valence-corrected chi connectivity index (χ4v) is 2.53. The first-order valence-electron chi connectivity index (χ1n) is 7.32. The maximum absolute atomic E-state index is 12.4. The molecule has 0 saturated heterocycles. The smallest absolute Gasteiger partial charge is 0.322 e. The summed E-state index contributed by atoms with van der Waals surface area (Å²) in [6.07, 6.45) is -1.10. The number of nitrogens with one attached hydrogen (secondary N) is 1. The van der Waals surface area contributed by atoms with E-state index in [2.05, 4.69) is 11.9 Å². The predicted octanol–water partition coefficient (Wildman–Crippen LogP) is 4.91. The van der Waals surface area contributed by atoms with Gasteiger partial charge in [0.1, 0.15) is 6.42 Å². The highest BCUT2D eigenvalue weighted by Crippen LogP contribution is 2.32. The first-order valence-corrected chi connectivity index (χ1v) is 8.07. The van der Waals surface area contributed by atoms with E-state index in [0.29, 0.717) is 16.5 Å². The van der Waals surface area contributed by atoms with Gasteiger partial charge < -0.3 is 10.2 Å². The Morgan fingerprint density at radius 3 is 2.44 bits per heavy atom. The van der Waals surface area contributed by atoms with Crippen molar-refractivity contribution in [3.63, 3.8) is 0 Å². The average Bonchev–Trinajstić information content (AvgIpc) is 2.52. The lowest BCUT2D eigenvalue weighted by Gasteiger charge is -2.31. The Balaban J connectivity index is 3.15. The molecule has 25 heavy (non-hydrogen) atoms. The summed E-state index contributed by atoms with van der Waals surface area (Å²) in [5.41, 5.74) is -0.0693. The molecular weight excluding hydrogens is 376 g/mol. The number of rotatable bonds is 7. The highest BCUT2D eigenvalue weighted by Gasteiger charge is 2.33. The number of alkyl halides is 3. The summed E-state index contributed by atoms with van der Waals surface area (Å²) in [6, 6.07) is 5.03. The largest absolute Gasteiger partial charge is 0.397 e. The molecule has 1 aromatic rings. The number of nitrogens with zero attached hydrogens (tertiary/aromatic N) is 1. The summed E-state index contributed by atoms with van der Waals surface area (Å²) in [5, 5.41) is 3.83. The number of likely N-dealkylation sites (N-methyl/N-ethyl adjacent to an activating group) is 1. The third-order valence-electron chi connectivity index (χ3n) is 3.67. The van der Waals surface area contributed by atoms with Crippen LogP contribution in [0.3, 0.4) is 0 Å². The van der Waals surface area contributed by atoms with Gasteiger partial charge in [-0.2, -0.15) is 13.2 Å². The van der Waals surface area contributed by atoms with Crippen molar-refractivity contribution < 1.29 is 18.0 Å². The van der Waals surface area contributed by atoms with E-state index in [9.17, 15) is 18.0 Å². The van der Waals surface area contributed by atoms with Crippen LogP contribution in [0.4, 0.5) is 13.2 Å². The van der Waals surface area contributed by atoms with Gasteiger partial charge in [-0.1, -0.05) is 35.3 Å². The molecular formula is C17H19Cl2F3N2O. The van der Waals surface area contributed by atoms with Crippen molar-refractivity contribution in [2.24, 2.45) is 0 Å². The molecule has 3 nitrogen and oxygen atoms in total. The van der Waals surface area contributed by atoms with Gasteiger partial charge in [0.2, 0.25) is 5.91 Å². The van der Waals surface area contributed by atoms with Crippen molar-refractivity contribution in [3.05, 3.63) is 58.7 Å². The van der Waals surface area contributed by atoms with Gasteiger partial charge in [0.15, 0.2) is 0 Å². The van der Waals surface area contributed by atoms with Gasteiger partial charge in [-0.05, 0) is 37.2 Å². The zero-order valence-corrected chi connectivity index (χ0v) is 15.3. The third-order valence-corrected chi connectivity index (χ3v) is 4.41. The van der Waals surface area contributed by atoms with Crippen molar-refractivity contribution in [3.8, 4) is 0 Å². The van der Waals surface area contributed by atoms with Gasteiger partial charge in [0, 0.05) is 13.2 Å². The molecule has 0 unspecified atom stereocenters. The second kappa shape index (κ2) is 8.74. The minimum atomic E-state index is -4.55. The van der Waals surface area contributed by atoms with E-state index >= 15 is 0 Å². The molecule has 0 aromatic heterocycles. The van der Waals surface area contributed by atoms with Crippen LogP contribution in [0.15, 0.2) is 43.1 Å². The zero-order chi connectivity index (χ0) is 19.3.